The van der Waals surface area contributed by atoms with E-state index in [9.17, 15) is 4.79 Å². The van der Waals surface area contributed by atoms with Crippen LogP contribution in [0.25, 0.3) is 6.08 Å². The summed E-state index contributed by atoms with van der Waals surface area (Å²) in [6.45, 7) is 6.15. The van der Waals surface area contributed by atoms with E-state index in [0.717, 1.165) is 18.7 Å². The van der Waals surface area contributed by atoms with Crippen LogP contribution in [0.5, 0.6) is 0 Å². The number of piperidine rings is 1. The summed E-state index contributed by atoms with van der Waals surface area (Å²) in [5, 5.41) is 0. The van der Waals surface area contributed by atoms with Crippen LogP contribution in [0.3, 0.4) is 0 Å². The molecule has 0 radical (unpaired) electrons. The summed E-state index contributed by atoms with van der Waals surface area (Å²) in [6.07, 6.45) is 7.34. The molecule has 2 rings (SSSR count). The van der Waals surface area contributed by atoms with E-state index in [-0.39, 0.29) is 11.3 Å². The third-order valence-electron chi connectivity index (χ3n) is 3.98. The van der Waals surface area contributed by atoms with Crippen LogP contribution < -0.4 is 0 Å². The first-order valence-electron chi connectivity index (χ1n) is 7.13. The number of carbonyl (C=O) groups excluding carboxylic acids is 1. The Labute approximate surface area is 116 Å². The highest BCUT2D eigenvalue weighted by Gasteiger charge is 2.33. The molecule has 0 amide bonds. The summed E-state index contributed by atoms with van der Waals surface area (Å²) in [6, 6.07) is 9.98. The Morgan fingerprint density at radius 2 is 1.74 bits per heavy atom. The van der Waals surface area contributed by atoms with Gasteiger partial charge in [0.15, 0.2) is 5.78 Å². The van der Waals surface area contributed by atoms with Gasteiger partial charge in [-0.05, 0) is 51.4 Å². The summed E-state index contributed by atoms with van der Waals surface area (Å²) in [7, 11) is 0. The number of nitrogens with zero attached hydrogens (tertiary/aromatic N) is 1. The molecule has 1 fully saturated rings. The predicted molar refractivity (Wildman–Crippen MR) is 80.0 cm³/mol. The summed E-state index contributed by atoms with van der Waals surface area (Å²) in [4.78, 5) is 14.7. The minimum absolute atomic E-state index is 0.193. The highest BCUT2D eigenvalue weighted by Crippen LogP contribution is 2.22. The zero-order valence-corrected chi connectivity index (χ0v) is 11.9. The van der Waals surface area contributed by atoms with Gasteiger partial charge in [-0.3, -0.25) is 9.69 Å². The van der Waals surface area contributed by atoms with Crippen molar-refractivity contribution < 1.29 is 4.79 Å². The van der Waals surface area contributed by atoms with E-state index >= 15 is 0 Å². The minimum Gasteiger partial charge on any atom is -0.293 e. The molecule has 1 aliphatic heterocycles. The van der Waals surface area contributed by atoms with Crippen molar-refractivity contribution in [1.82, 2.24) is 4.90 Å². The highest BCUT2D eigenvalue weighted by atomic mass is 16.1. The molecule has 0 saturated carbocycles. The Balaban J connectivity index is 2.03. The first-order chi connectivity index (χ1) is 9.10. The monoisotopic (exact) mass is 257 g/mol. The van der Waals surface area contributed by atoms with Gasteiger partial charge < -0.3 is 0 Å². The van der Waals surface area contributed by atoms with Crippen molar-refractivity contribution in [3.63, 3.8) is 0 Å². The maximum Gasteiger partial charge on any atom is 0.175 e. The summed E-state index contributed by atoms with van der Waals surface area (Å²) < 4.78 is 0. The van der Waals surface area contributed by atoms with Crippen LogP contribution >= 0.6 is 0 Å². The standard InChI is InChI=1S/C17H23NO/c1-17(2,18-13-7-4-8-14-18)16(19)12-11-15-9-5-3-6-10-15/h3,5-6,9-12H,4,7-8,13-14H2,1-2H3/b12-11+. The molecule has 0 aliphatic carbocycles. The van der Waals surface area contributed by atoms with Gasteiger partial charge in [0.05, 0.1) is 5.54 Å². The van der Waals surface area contributed by atoms with Crippen molar-refractivity contribution in [2.45, 2.75) is 38.6 Å². The van der Waals surface area contributed by atoms with E-state index in [1.54, 1.807) is 6.08 Å². The molecule has 0 N–H and O–H groups in total. The smallest absolute Gasteiger partial charge is 0.175 e. The van der Waals surface area contributed by atoms with E-state index in [0.29, 0.717) is 0 Å². The third kappa shape index (κ3) is 3.54. The van der Waals surface area contributed by atoms with Gasteiger partial charge in [0.1, 0.15) is 0 Å². The number of likely N-dealkylation sites (tertiary alicyclic amines) is 1. The molecule has 2 nitrogen and oxygen atoms in total. The molecule has 0 atom stereocenters. The third-order valence-corrected chi connectivity index (χ3v) is 3.98. The second kappa shape index (κ2) is 6.16. The summed E-state index contributed by atoms with van der Waals surface area (Å²) >= 11 is 0. The van der Waals surface area contributed by atoms with Gasteiger partial charge in [-0.15, -0.1) is 0 Å². The topological polar surface area (TPSA) is 20.3 Å². The van der Waals surface area contributed by atoms with Crippen molar-refractivity contribution in [2.24, 2.45) is 0 Å². The van der Waals surface area contributed by atoms with Crippen molar-refractivity contribution >= 4 is 11.9 Å². The Bertz CT molecular complexity index is 442. The van der Waals surface area contributed by atoms with Crippen molar-refractivity contribution in [3.8, 4) is 0 Å². The fraction of sp³-hybridized carbons (Fsp3) is 0.471. The maximum absolute atomic E-state index is 12.4. The minimum atomic E-state index is -0.383. The number of ketones is 1. The van der Waals surface area contributed by atoms with Crippen LogP contribution in [-0.2, 0) is 4.79 Å². The first-order valence-corrected chi connectivity index (χ1v) is 7.13. The van der Waals surface area contributed by atoms with E-state index in [1.165, 1.54) is 19.3 Å². The Kier molecular flexibility index (Phi) is 4.54. The average molecular weight is 257 g/mol. The summed E-state index contributed by atoms with van der Waals surface area (Å²) in [5.74, 6) is 0.193. The number of rotatable bonds is 4. The highest BCUT2D eigenvalue weighted by molar-refractivity contribution is 6.00. The lowest BCUT2D eigenvalue weighted by Gasteiger charge is -2.39. The van der Waals surface area contributed by atoms with E-state index < -0.39 is 0 Å². The summed E-state index contributed by atoms with van der Waals surface area (Å²) in [5.41, 5.74) is 0.691. The van der Waals surface area contributed by atoms with E-state index in [4.69, 9.17) is 0 Å². The van der Waals surface area contributed by atoms with Crippen LogP contribution in [0.4, 0.5) is 0 Å². The molecule has 0 unspecified atom stereocenters. The quantitative estimate of drug-likeness (QED) is 0.769. The zero-order valence-electron chi connectivity index (χ0n) is 11.9. The van der Waals surface area contributed by atoms with Crippen molar-refractivity contribution in [3.05, 3.63) is 42.0 Å². The number of hydrogen-bond donors (Lipinski definition) is 0. The zero-order chi connectivity index (χ0) is 13.7. The molecule has 0 spiro atoms. The van der Waals surface area contributed by atoms with Crippen LogP contribution in [-0.4, -0.2) is 29.3 Å². The molecule has 1 aromatic carbocycles. The lowest BCUT2D eigenvalue weighted by Crippen LogP contribution is -2.51. The van der Waals surface area contributed by atoms with Gasteiger partial charge in [-0.1, -0.05) is 42.8 Å². The molecule has 1 aliphatic rings. The van der Waals surface area contributed by atoms with Crippen molar-refractivity contribution in [1.29, 1.82) is 0 Å². The molecule has 0 bridgehead atoms. The molecule has 1 aromatic rings. The van der Waals surface area contributed by atoms with E-state index in [1.807, 2.05) is 50.3 Å². The van der Waals surface area contributed by atoms with Gasteiger partial charge in [0, 0.05) is 0 Å². The van der Waals surface area contributed by atoms with Crippen molar-refractivity contribution in [2.75, 3.05) is 13.1 Å². The Hall–Kier alpha value is -1.41. The molecule has 102 valence electrons. The molecule has 19 heavy (non-hydrogen) atoms. The van der Waals surface area contributed by atoms with Crippen LogP contribution in [0, 0.1) is 0 Å². The Morgan fingerprint density at radius 1 is 1.11 bits per heavy atom. The van der Waals surface area contributed by atoms with Crippen LogP contribution in [0.2, 0.25) is 0 Å². The molecule has 2 heteroatoms. The fourth-order valence-electron chi connectivity index (χ4n) is 2.55. The normalized spacial score (nSPS) is 17.8. The average Bonchev–Trinajstić information content (AvgIpc) is 2.46. The van der Waals surface area contributed by atoms with Gasteiger partial charge in [-0.25, -0.2) is 0 Å². The number of carbonyl (C=O) groups is 1. The van der Waals surface area contributed by atoms with Gasteiger partial charge in [0.2, 0.25) is 0 Å². The molecular weight excluding hydrogens is 234 g/mol. The lowest BCUT2D eigenvalue weighted by molar-refractivity contribution is -0.125. The first kappa shape index (κ1) is 14.0. The van der Waals surface area contributed by atoms with Gasteiger partial charge in [0.25, 0.3) is 0 Å². The molecule has 1 heterocycles. The predicted octanol–water partition coefficient (Wildman–Crippen LogP) is 3.53. The number of hydrogen-bond acceptors (Lipinski definition) is 2. The fourth-order valence-corrected chi connectivity index (χ4v) is 2.55. The second-order valence-electron chi connectivity index (χ2n) is 5.71. The largest absolute Gasteiger partial charge is 0.293 e. The Morgan fingerprint density at radius 3 is 2.37 bits per heavy atom. The van der Waals surface area contributed by atoms with Crippen LogP contribution in [0.15, 0.2) is 36.4 Å². The molecular formula is C17H23NO. The lowest BCUT2D eigenvalue weighted by atomic mass is 9.93. The van der Waals surface area contributed by atoms with Gasteiger partial charge in [-0.2, -0.15) is 0 Å². The molecule has 0 aromatic heterocycles. The SMILES string of the molecule is CC(C)(C(=O)/C=C/c1ccccc1)N1CCCCC1. The van der Waals surface area contributed by atoms with E-state index in [2.05, 4.69) is 4.90 Å². The maximum atomic E-state index is 12.4. The second-order valence-corrected chi connectivity index (χ2v) is 5.71. The molecule has 1 saturated heterocycles. The number of benzene rings is 1. The van der Waals surface area contributed by atoms with Crippen LogP contribution in [0.1, 0.15) is 38.7 Å². The van der Waals surface area contributed by atoms with Gasteiger partial charge >= 0.3 is 0 Å².